The highest BCUT2D eigenvalue weighted by Gasteiger charge is 2.40. The Kier molecular flexibility index (Phi) is 8.17. The molecule has 0 saturated carbocycles. The number of amides is 1. The molecule has 0 radical (unpaired) electrons. The van der Waals surface area contributed by atoms with E-state index < -0.39 is 14.9 Å². The molecule has 0 heterocycles. The van der Waals surface area contributed by atoms with Crippen molar-refractivity contribution >= 4 is 14.9 Å². The second-order valence-electron chi connectivity index (χ2n) is 2.90. The van der Waals surface area contributed by atoms with Crippen molar-refractivity contribution in [2.45, 2.75) is 26.8 Å². The summed E-state index contributed by atoms with van der Waals surface area (Å²) in [4.78, 5) is 10.5. The quantitative estimate of drug-likeness (QED) is 0.621. The van der Waals surface area contributed by atoms with Crippen molar-refractivity contribution in [3.63, 3.8) is 0 Å². The normalized spacial score (nSPS) is 11.4. The van der Waals surface area contributed by atoms with E-state index in [4.69, 9.17) is 19.0 Å². The molecule has 0 spiro atoms. The molecule has 0 aromatic heterocycles. The lowest BCUT2D eigenvalue weighted by molar-refractivity contribution is 0.0647. The highest BCUT2D eigenvalue weighted by molar-refractivity contribution is 6.60. The maximum Gasteiger partial charge on any atom is 0.504 e. The molecular formula is C9H21NO5Si. The van der Waals surface area contributed by atoms with E-state index in [9.17, 15) is 4.79 Å². The van der Waals surface area contributed by atoms with Gasteiger partial charge in [0.1, 0.15) is 0 Å². The van der Waals surface area contributed by atoms with Crippen molar-refractivity contribution in [3.05, 3.63) is 0 Å². The predicted octanol–water partition coefficient (Wildman–Crippen LogP) is 1.13. The zero-order valence-electron chi connectivity index (χ0n) is 10.2. The third kappa shape index (κ3) is 6.06. The Hall–Kier alpha value is -0.633. The highest BCUT2D eigenvalue weighted by atomic mass is 28.4. The van der Waals surface area contributed by atoms with E-state index in [0.29, 0.717) is 25.9 Å². The molecule has 0 aliphatic heterocycles. The van der Waals surface area contributed by atoms with E-state index in [2.05, 4.69) is 4.74 Å². The summed E-state index contributed by atoms with van der Waals surface area (Å²) in [6.45, 7) is 7.27. The van der Waals surface area contributed by atoms with E-state index >= 15 is 0 Å². The molecule has 7 heteroatoms. The summed E-state index contributed by atoms with van der Waals surface area (Å²) in [5, 5.41) is 0. The molecule has 0 saturated heterocycles. The molecule has 16 heavy (non-hydrogen) atoms. The van der Waals surface area contributed by atoms with Crippen LogP contribution < -0.4 is 5.73 Å². The number of carbonyl (C=O) groups excluding carboxylic acids is 1. The van der Waals surface area contributed by atoms with Gasteiger partial charge in [-0.05, 0) is 20.8 Å². The van der Waals surface area contributed by atoms with Crippen molar-refractivity contribution in [2.75, 3.05) is 26.4 Å². The van der Waals surface area contributed by atoms with Gasteiger partial charge in [0.05, 0.1) is 12.7 Å². The Morgan fingerprint density at radius 2 is 1.50 bits per heavy atom. The van der Waals surface area contributed by atoms with Gasteiger partial charge in [0.2, 0.25) is 0 Å². The number of nitrogens with two attached hydrogens (primary N) is 1. The van der Waals surface area contributed by atoms with Gasteiger partial charge in [-0.1, -0.05) is 0 Å². The minimum atomic E-state index is -2.70. The van der Waals surface area contributed by atoms with Crippen molar-refractivity contribution in [3.8, 4) is 0 Å². The van der Waals surface area contributed by atoms with E-state index in [1.54, 1.807) is 0 Å². The molecule has 0 rings (SSSR count). The van der Waals surface area contributed by atoms with E-state index in [1.807, 2.05) is 20.8 Å². The molecule has 0 unspecified atom stereocenters. The molecule has 6 nitrogen and oxygen atoms in total. The second-order valence-corrected chi connectivity index (χ2v) is 5.63. The summed E-state index contributed by atoms with van der Waals surface area (Å²) in [6.07, 6.45) is -0.799. The number of ether oxygens (including phenoxy) is 1. The highest BCUT2D eigenvalue weighted by Crippen LogP contribution is 2.15. The van der Waals surface area contributed by atoms with Crippen LogP contribution in [0.1, 0.15) is 20.8 Å². The van der Waals surface area contributed by atoms with Gasteiger partial charge in [0, 0.05) is 19.8 Å². The average molecular weight is 251 g/mol. The van der Waals surface area contributed by atoms with Crippen LogP contribution in [0.15, 0.2) is 0 Å². The number of hydrogen-bond acceptors (Lipinski definition) is 5. The number of hydrogen-bond donors (Lipinski definition) is 1. The molecule has 0 aliphatic rings. The first-order valence-electron chi connectivity index (χ1n) is 5.44. The zero-order chi connectivity index (χ0) is 12.4. The molecule has 0 fully saturated rings. The first-order valence-corrected chi connectivity index (χ1v) is 7.37. The van der Waals surface area contributed by atoms with Gasteiger partial charge in [-0.3, -0.25) is 0 Å². The third-order valence-electron chi connectivity index (χ3n) is 1.75. The van der Waals surface area contributed by atoms with Gasteiger partial charge in [-0.15, -0.1) is 0 Å². The average Bonchev–Trinajstić information content (AvgIpc) is 2.18. The minimum absolute atomic E-state index is 0.154. The van der Waals surface area contributed by atoms with Gasteiger partial charge in [0.15, 0.2) is 0 Å². The topological polar surface area (TPSA) is 80.0 Å². The maximum atomic E-state index is 10.5. The smallest absolute Gasteiger partial charge is 0.450 e. The molecule has 0 aromatic rings. The summed E-state index contributed by atoms with van der Waals surface area (Å²) in [5.74, 6) is 0. The SMILES string of the molecule is CCO[Si](CCOC(N)=O)(OCC)OCC. The standard InChI is InChI=1S/C9H21NO5Si/c1-4-13-16(14-5-2,15-6-3)8-7-12-9(10)11/h4-8H2,1-3H3,(H2,10,11). The summed E-state index contributed by atoms with van der Waals surface area (Å²) < 4.78 is 21.3. The Morgan fingerprint density at radius 3 is 1.81 bits per heavy atom. The maximum absolute atomic E-state index is 10.5. The predicted molar refractivity (Wildman–Crippen MR) is 61.0 cm³/mol. The molecule has 0 bridgehead atoms. The number of rotatable bonds is 9. The van der Waals surface area contributed by atoms with Crippen molar-refractivity contribution in [1.82, 2.24) is 0 Å². The third-order valence-corrected chi connectivity index (χ3v) is 4.75. The van der Waals surface area contributed by atoms with Gasteiger partial charge in [0.25, 0.3) is 0 Å². The summed E-state index contributed by atoms with van der Waals surface area (Å²) in [7, 11) is -2.70. The number of carbonyl (C=O) groups is 1. The molecule has 2 N–H and O–H groups in total. The summed E-state index contributed by atoms with van der Waals surface area (Å²) in [6, 6.07) is 0.422. The van der Waals surface area contributed by atoms with Crippen LogP contribution in [0.5, 0.6) is 0 Å². The van der Waals surface area contributed by atoms with E-state index in [1.165, 1.54) is 0 Å². The first-order chi connectivity index (χ1) is 7.60. The van der Waals surface area contributed by atoms with Gasteiger partial charge in [-0.25, -0.2) is 4.79 Å². The van der Waals surface area contributed by atoms with Crippen LogP contribution in [0.3, 0.4) is 0 Å². The Labute approximate surface area is 97.4 Å². The van der Waals surface area contributed by atoms with Crippen LogP contribution in [0, 0.1) is 0 Å². The van der Waals surface area contributed by atoms with Crippen LogP contribution in [0.4, 0.5) is 4.79 Å². The van der Waals surface area contributed by atoms with Crippen LogP contribution in [0.2, 0.25) is 6.04 Å². The van der Waals surface area contributed by atoms with Gasteiger partial charge < -0.3 is 23.7 Å². The minimum Gasteiger partial charge on any atom is -0.450 e. The zero-order valence-corrected chi connectivity index (χ0v) is 11.2. The molecular weight excluding hydrogens is 230 g/mol. The Morgan fingerprint density at radius 1 is 1.06 bits per heavy atom. The summed E-state index contributed by atoms with van der Waals surface area (Å²) in [5.41, 5.74) is 4.88. The Balaban J connectivity index is 4.28. The fraction of sp³-hybridized carbons (Fsp3) is 0.889. The van der Waals surface area contributed by atoms with Gasteiger partial charge >= 0.3 is 14.9 Å². The molecule has 0 aromatic carbocycles. The van der Waals surface area contributed by atoms with Crippen LogP contribution in [0.25, 0.3) is 0 Å². The van der Waals surface area contributed by atoms with Gasteiger partial charge in [-0.2, -0.15) is 0 Å². The second kappa shape index (κ2) is 8.51. The van der Waals surface area contributed by atoms with E-state index in [-0.39, 0.29) is 6.61 Å². The molecule has 96 valence electrons. The molecule has 0 atom stereocenters. The van der Waals surface area contributed by atoms with Crippen LogP contribution in [-0.4, -0.2) is 41.3 Å². The lowest BCUT2D eigenvalue weighted by Gasteiger charge is -2.28. The summed E-state index contributed by atoms with van der Waals surface area (Å²) >= 11 is 0. The molecule has 0 aliphatic carbocycles. The molecule has 1 amide bonds. The van der Waals surface area contributed by atoms with Crippen molar-refractivity contribution in [2.24, 2.45) is 5.73 Å². The first kappa shape index (κ1) is 15.4. The fourth-order valence-electron chi connectivity index (χ4n) is 1.28. The van der Waals surface area contributed by atoms with Crippen molar-refractivity contribution < 1.29 is 22.8 Å². The fourth-order valence-corrected chi connectivity index (χ4v) is 3.63. The lowest BCUT2D eigenvalue weighted by atomic mass is 10.8. The monoisotopic (exact) mass is 251 g/mol. The lowest BCUT2D eigenvalue weighted by Crippen LogP contribution is -2.47. The largest absolute Gasteiger partial charge is 0.504 e. The van der Waals surface area contributed by atoms with Crippen LogP contribution >= 0.6 is 0 Å². The number of primary amides is 1. The van der Waals surface area contributed by atoms with Crippen molar-refractivity contribution in [1.29, 1.82) is 0 Å². The van der Waals surface area contributed by atoms with Crippen LogP contribution in [-0.2, 0) is 18.0 Å². The Bertz CT molecular complexity index is 185. The van der Waals surface area contributed by atoms with E-state index in [0.717, 1.165) is 0 Å².